The van der Waals surface area contributed by atoms with Crippen LogP contribution in [0.2, 0.25) is 20.1 Å². The van der Waals surface area contributed by atoms with Gasteiger partial charge in [0.2, 0.25) is 0 Å². The lowest BCUT2D eigenvalue weighted by Crippen LogP contribution is -2.00. The summed E-state index contributed by atoms with van der Waals surface area (Å²) in [5.74, 6) is 0.440. The molecule has 0 aliphatic carbocycles. The van der Waals surface area contributed by atoms with Crippen LogP contribution in [0.1, 0.15) is 5.56 Å². The van der Waals surface area contributed by atoms with Crippen LogP contribution in [0.15, 0.2) is 30.3 Å². The number of rotatable bonds is 3. The van der Waals surface area contributed by atoms with E-state index in [1.807, 2.05) is 0 Å². The van der Waals surface area contributed by atoms with Gasteiger partial charge in [-0.05, 0) is 24.3 Å². The van der Waals surface area contributed by atoms with Gasteiger partial charge in [0.25, 0.3) is 0 Å². The predicted molar refractivity (Wildman–Crippen MR) is 81.7 cm³/mol. The second-order valence-electron chi connectivity index (χ2n) is 3.83. The molecule has 2 aromatic carbocycles. The number of nitrogen functional groups attached to an aromatic ring is 1. The quantitative estimate of drug-likeness (QED) is 0.596. The van der Waals surface area contributed by atoms with E-state index in [9.17, 15) is 0 Å². The molecule has 0 heterocycles. The first-order valence-corrected chi connectivity index (χ1v) is 6.80. The first kappa shape index (κ1) is 14.6. The minimum Gasteiger partial charge on any atom is -0.487 e. The Labute approximate surface area is 131 Å². The van der Waals surface area contributed by atoms with E-state index in [4.69, 9.17) is 56.9 Å². The summed E-state index contributed by atoms with van der Waals surface area (Å²) < 4.78 is 5.58. The number of halogens is 4. The van der Waals surface area contributed by atoms with Crippen LogP contribution in [-0.4, -0.2) is 0 Å². The third-order valence-corrected chi connectivity index (χ3v) is 3.72. The number of hydrogen-bond donors (Lipinski definition) is 1. The molecule has 0 saturated carbocycles. The maximum Gasteiger partial charge on any atom is 0.139 e. The normalized spacial score (nSPS) is 10.5. The summed E-state index contributed by atoms with van der Waals surface area (Å²) in [5, 5.41) is 1.73. The minimum atomic E-state index is 0.240. The van der Waals surface area contributed by atoms with E-state index in [1.54, 1.807) is 24.3 Å². The lowest BCUT2D eigenvalue weighted by Gasteiger charge is -2.11. The van der Waals surface area contributed by atoms with E-state index in [0.717, 1.165) is 5.56 Å². The molecule has 2 nitrogen and oxygen atoms in total. The van der Waals surface area contributed by atoms with Crippen LogP contribution in [0.3, 0.4) is 0 Å². The molecule has 19 heavy (non-hydrogen) atoms. The second-order valence-corrected chi connectivity index (χ2v) is 5.49. The molecule has 0 atom stereocenters. The van der Waals surface area contributed by atoms with Crippen molar-refractivity contribution in [3.8, 4) is 5.75 Å². The van der Waals surface area contributed by atoms with Gasteiger partial charge in [0.1, 0.15) is 12.4 Å². The van der Waals surface area contributed by atoms with Crippen molar-refractivity contribution in [2.75, 3.05) is 5.73 Å². The van der Waals surface area contributed by atoms with Crippen molar-refractivity contribution in [2.24, 2.45) is 0 Å². The van der Waals surface area contributed by atoms with Crippen molar-refractivity contribution >= 4 is 52.1 Å². The number of ether oxygens (including phenoxy) is 1. The van der Waals surface area contributed by atoms with Gasteiger partial charge in [-0.15, -0.1) is 0 Å². The topological polar surface area (TPSA) is 35.2 Å². The van der Waals surface area contributed by atoms with Gasteiger partial charge in [-0.3, -0.25) is 0 Å². The molecule has 0 fully saturated rings. The molecule has 100 valence electrons. The van der Waals surface area contributed by atoms with E-state index in [2.05, 4.69) is 0 Å². The van der Waals surface area contributed by atoms with Gasteiger partial charge in [0.05, 0.1) is 15.1 Å². The Morgan fingerprint density at radius 2 is 1.58 bits per heavy atom. The fourth-order valence-corrected chi connectivity index (χ4v) is 2.26. The Morgan fingerprint density at radius 1 is 0.895 bits per heavy atom. The lowest BCUT2D eigenvalue weighted by atomic mass is 10.2. The van der Waals surface area contributed by atoms with E-state index in [1.165, 1.54) is 6.07 Å². The summed E-state index contributed by atoms with van der Waals surface area (Å²) in [6.45, 7) is 0.240. The summed E-state index contributed by atoms with van der Waals surface area (Å²) in [7, 11) is 0. The molecular formula is C13H9Cl4NO. The minimum absolute atomic E-state index is 0.240. The molecule has 0 aliphatic rings. The second kappa shape index (κ2) is 6.10. The van der Waals surface area contributed by atoms with Gasteiger partial charge in [0, 0.05) is 22.3 Å². The maximum atomic E-state index is 6.01. The third kappa shape index (κ3) is 3.61. The predicted octanol–water partition coefficient (Wildman–Crippen LogP) is 5.46. The summed E-state index contributed by atoms with van der Waals surface area (Å²) in [6, 6.07) is 8.27. The van der Waals surface area contributed by atoms with E-state index < -0.39 is 0 Å². The molecule has 0 spiro atoms. The van der Waals surface area contributed by atoms with Gasteiger partial charge in [-0.25, -0.2) is 0 Å². The zero-order valence-corrected chi connectivity index (χ0v) is 12.6. The maximum absolute atomic E-state index is 6.01. The number of benzene rings is 2. The van der Waals surface area contributed by atoms with Gasteiger partial charge >= 0.3 is 0 Å². The molecule has 0 unspecified atom stereocenters. The molecule has 0 aliphatic heterocycles. The monoisotopic (exact) mass is 335 g/mol. The SMILES string of the molecule is Nc1ccc(Cl)cc1COc1cc(Cl)c(Cl)cc1Cl. The van der Waals surface area contributed by atoms with E-state index in [-0.39, 0.29) is 6.61 Å². The number of anilines is 1. The van der Waals surface area contributed by atoms with Crippen molar-refractivity contribution in [3.63, 3.8) is 0 Å². The molecule has 2 aromatic rings. The molecular weight excluding hydrogens is 328 g/mol. The third-order valence-electron chi connectivity index (χ3n) is 2.46. The standard InChI is InChI=1S/C13H9Cl4NO/c14-8-1-2-12(18)7(3-8)6-19-13-5-10(16)9(15)4-11(13)17/h1-5H,6,18H2. The van der Waals surface area contributed by atoms with Crippen LogP contribution in [-0.2, 0) is 6.61 Å². The summed E-state index contributed by atoms with van der Waals surface area (Å²) >= 11 is 23.7. The summed E-state index contributed by atoms with van der Waals surface area (Å²) in [5.41, 5.74) is 7.20. The van der Waals surface area contributed by atoms with Crippen molar-refractivity contribution in [2.45, 2.75) is 6.61 Å². The Morgan fingerprint density at radius 3 is 2.32 bits per heavy atom. The molecule has 0 aromatic heterocycles. The lowest BCUT2D eigenvalue weighted by molar-refractivity contribution is 0.307. The van der Waals surface area contributed by atoms with Crippen LogP contribution in [0.5, 0.6) is 5.75 Å². The molecule has 0 amide bonds. The van der Waals surface area contributed by atoms with Gasteiger partial charge in [0.15, 0.2) is 0 Å². The zero-order chi connectivity index (χ0) is 14.0. The Kier molecular flexibility index (Phi) is 4.69. The first-order valence-electron chi connectivity index (χ1n) is 5.28. The summed E-state index contributed by atoms with van der Waals surface area (Å²) in [6.07, 6.45) is 0. The van der Waals surface area contributed by atoms with Crippen molar-refractivity contribution in [1.82, 2.24) is 0 Å². The van der Waals surface area contributed by atoms with Crippen LogP contribution in [0.25, 0.3) is 0 Å². The smallest absolute Gasteiger partial charge is 0.139 e. The molecule has 0 saturated heterocycles. The summed E-state index contributed by atoms with van der Waals surface area (Å²) in [4.78, 5) is 0. The molecule has 2 N–H and O–H groups in total. The number of nitrogens with two attached hydrogens (primary N) is 1. The van der Waals surface area contributed by atoms with Crippen LogP contribution in [0, 0.1) is 0 Å². The molecule has 2 rings (SSSR count). The van der Waals surface area contributed by atoms with Crippen molar-refractivity contribution in [1.29, 1.82) is 0 Å². The van der Waals surface area contributed by atoms with Gasteiger partial charge in [-0.2, -0.15) is 0 Å². The van der Waals surface area contributed by atoms with Crippen LogP contribution in [0.4, 0.5) is 5.69 Å². The zero-order valence-electron chi connectivity index (χ0n) is 9.59. The van der Waals surface area contributed by atoms with Crippen molar-refractivity contribution < 1.29 is 4.74 Å². The fourth-order valence-electron chi connectivity index (χ4n) is 1.47. The van der Waals surface area contributed by atoms with Crippen molar-refractivity contribution in [3.05, 3.63) is 56.0 Å². The first-order chi connectivity index (χ1) is 8.97. The molecule has 6 heteroatoms. The highest BCUT2D eigenvalue weighted by Crippen LogP contribution is 2.34. The highest BCUT2D eigenvalue weighted by Gasteiger charge is 2.08. The average molecular weight is 337 g/mol. The Bertz CT molecular complexity index is 616. The highest BCUT2D eigenvalue weighted by molar-refractivity contribution is 6.43. The van der Waals surface area contributed by atoms with Crippen LogP contribution >= 0.6 is 46.4 Å². The van der Waals surface area contributed by atoms with Gasteiger partial charge in [-0.1, -0.05) is 46.4 Å². The largest absolute Gasteiger partial charge is 0.487 e. The average Bonchev–Trinajstić information content (AvgIpc) is 2.36. The Balaban J connectivity index is 2.19. The Hall–Kier alpha value is -0.800. The molecule has 0 bridgehead atoms. The number of hydrogen-bond acceptors (Lipinski definition) is 2. The molecule has 0 radical (unpaired) electrons. The van der Waals surface area contributed by atoms with E-state index >= 15 is 0 Å². The highest BCUT2D eigenvalue weighted by atomic mass is 35.5. The van der Waals surface area contributed by atoms with E-state index in [0.29, 0.717) is 31.5 Å². The van der Waals surface area contributed by atoms with Crippen LogP contribution < -0.4 is 10.5 Å². The van der Waals surface area contributed by atoms with Gasteiger partial charge < -0.3 is 10.5 Å². The fraction of sp³-hybridized carbons (Fsp3) is 0.0769.